The number of unbranched alkanes of at least 4 members (excludes halogenated alkanes) is 2. The fraction of sp³-hybridized carbons (Fsp3) is 0.714. The van der Waals surface area contributed by atoms with Crippen molar-refractivity contribution in [2.24, 2.45) is 10.9 Å². The summed E-state index contributed by atoms with van der Waals surface area (Å²) < 4.78 is 0. The summed E-state index contributed by atoms with van der Waals surface area (Å²) in [5, 5.41) is 13.1. The van der Waals surface area contributed by atoms with Crippen LogP contribution in [0.5, 0.6) is 0 Å². The average molecular weight is 210 g/mol. The van der Waals surface area contributed by atoms with Crippen molar-refractivity contribution < 1.29 is 10.0 Å². The van der Waals surface area contributed by atoms with Crippen LogP contribution in [0.4, 0.5) is 0 Å². The first-order valence-corrected chi connectivity index (χ1v) is 3.96. The quantitative estimate of drug-likeness (QED) is 0.251. The predicted octanol–water partition coefficient (Wildman–Crippen LogP) is 0.113. The first-order chi connectivity index (χ1) is 5.81. The van der Waals surface area contributed by atoms with Crippen molar-refractivity contribution in [2.75, 3.05) is 13.1 Å². The summed E-state index contributed by atoms with van der Waals surface area (Å²) in [6, 6.07) is 0. The van der Waals surface area contributed by atoms with Crippen LogP contribution in [0.3, 0.4) is 0 Å². The summed E-state index contributed by atoms with van der Waals surface area (Å²) >= 11 is 0. The molecule has 0 aromatic carbocycles. The zero-order chi connectivity index (χ0) is 9.23. The lowest BCUT2D eigenvalue weighted by Gasteiger charge is -1.99. The molecule has 0 heterocycles. The van der Waals surface area contributed by atoms with Gasteiger partial charge in [-0.1, -0.05) is 11.6 Å². The molecule has 0 aromatic rings. The summed E-state index contributed by atoms with van der Waals surface area (Å²) in [6.45, 7) is 1.29. The molecule has 6 heteroatoms. The van der Waals surface area contributed by atoms with E-state index in [-0.39, 0.29) is 18.3 Å². The van der Waals surface area contributed by atoms with E-state index in [4.69, 9.17) is 10.9 Å². The lowest BCUT2D eigenvalue weighted by Crippen LogP contribution is -2.25. The van der Waals surface area contributed by atoms with Gasteiger partial charge in [-0.3, -0.25) is 4.79 Å². The molecule has 0 rings (SSSR count). The van der Waals surface area contributed by atoms with Gasteiger partial charge in [0.2, 0.25) is 0 Å². The number of amides is 1. The Morgan fingerprint density at radius 2 is 2.15 bits per heavy atom. The molecule has 1 amide bonds. The molecule has 13 heavy (non-hydrogen) atoms. The predicted molar refractivity (Wildman–Crippen MR) is 53.4 cm³/mol. The number of oxime groups is 1. The molecular formula is C7H16ClN3O2. The van der Waals surface area contributed by atoms with Gasteiger partial charge in [0.25, 0.3) is 5.91 Å². The van der Waals surface area contributed by atoms with Gasteiger partial charge in [-0.15, -0.1) is 12.4 Å². The van der Waals surface area contributed by atoms with Gasteiger partial charge >= 0.3 is 0 Å². The number of halogens is 1. The minimum atomic E-state index is -0.370. The van der Waals surface area contributed by atoms with Crippen LogP contribution >= 0.6 is 12.4 Å². The van der Waals surface area contributed by atoms with E-state index in [1.807, 2.05) is 0 Å². The Morgan fingerprint density at radius 1 is 1.46 bits per heavy atom. The molecular weight excluding hydrogens is 194 g/mol. The molecule has 0 aromatic heterocycles. The van der Waals surface area contributed by atoms with E-state index in [0.717, 1.165) is 25.5 Å². The molecule has 0 fully saturated rings. The van der Waals surface area contributed by atoms with E-state index in [2.05, 4.69) is 10.5 Å². The van der Waals surface area contributed by atoms with Crippen molar-refractivity contribution in [1.82, 2.24) is 5.32 Å². The minimum Gasteiger partial charge on any atom is -0.411 e. The largest absolute Gasteiger partial charge is 0.411 e. The van der Waals surface area contributed by atoms with Crippen LogP contribution in [0.2, 0.25) is 0 Å². The summed E-state index contributed by atoms with van der Waals surface area (Å²) in [6.07, 6.45) is 3.72. The lowest BCUT2D eigenvalue weighted by molar-refractivity contribution is -0.114. The van der Waals surface area contributed by atoms with Gasteiger partial charge in [-0.05, 0) is 19.4 Å². The third-order valence-corrected chi connectivity index (χ3v) is 1.36. The van der Waals surface area contributed by atoms with Crippen LogP contribution in [0.25, 0.3) is 0 Å². The Morgan fingerprint density at radius 3 is 2.69 bits per heavy atom. The zero-order valence-electron chi connectivity index (χ0n) is 7.40. The van der Waals surface area contributed by atoms with Crippen LogP contribution < -0.4 is 11.1 Å². The number of carbonyl (C=O) groups excluding carboxylic acids is 1. The highest BCUT2D eigenvalue weighted by atomic mass is 35.5. The summed E-state index contributed by atoms with van der Waals surface area (Å²) in [5.41, 5.74) is 5.28. The molecule has 4 N–H and O–H groups in total. The zero-order valence-corrected chi connectivity index (χ0v) is 8.22. The summed E-state index contributed by atoms with van der Waals surface area (Å²) in [4.78, 5) is 10.6. The number of nitrogens with two attached hydrogens (primary N) is 1. The van der Waals surface area contributed by atoms with Gasteiger partial charge in [0, 0.05) is 6.54 Å². The lowest BCUT2D eigenvalue weighted by atomic mass is 10.2. The number of rotatable bonds is 6. The van der Waals surface area contributed by atoms with Crippen LogP contribution in [0.15, 0.2) is 5.16 Å². The first kappa shape index (κ1) is 14.7. The molecule has 78 valence electrons. The molecule has 0 aliphatic heterocycles. The van der Waals surface area contributed by atoms with Crippen molar-refractivity contribution in [3.8, 4) is 0 Å². The van der Waals surface area contributed by atoms with Crippen LogP contribution in [-0.2, 0) is 4.79 Å². The smallest absolute Gasteiger partial charge is 0.265 e. The van der Waals surface area contributed by atoms with Gasteiger partial charge in [-0.2, -0.15) is 0 Å². The van der Waals surface area contributed by atoms with Gasteiger partial charge in [-0.25, -0.2) is 0 Å². The molecule has 0 aliphatic rings. The molecule has 0 unspecified atom stereocenters. The van der Waals surface area contributed by atoms with Gasteiger partial charge in [0.15, 0.2) is 0 Å². The summed E-state index contributed by atoms with van der Waals surface area (Å²) in [5.74, 6) is -0.370. The fourth-order valence-electron chi connectivity index (χ4n) is 0.756. The van der Waals surface area contributed by atoms with E-state index in [1.165, 1.54) is 0 Å². The van der Waals surface area contributed by atoms with E-state index in [0.29, 0.717) is 13.1 Å². The highest BCUT2D eigenvalue weighted by molar-refractivity contribution is 6.25. The van der Waals surface area contributed by atoms with E-state index < -0.39 is 0 Å². The van der Waals surface area contributed by atoms with Crippen molar-refractivity contribution in [3.63, 3.8) is 0 Å². The number of nitrogens with one attached hydrogen (secondary N) is 1. The summed E-state index contributed by atoms with van der Waals surface area (Å²) in [7, 11) is 0. The van der Waals surface area contributed by atoms with Gasteiger partial charge in [0.05, 0.1) is 0 Å². The van der Waals surface area contributed by atoms with Gasteiger partial charge in [0.1, 0.15) is 6.21 Å². The normalized spacial score (nSPS) is 9.62. The van der Waals surface area contributed by atoms with Crippen molar-refractivity contribution in [2.45, 2.75) is 19.3 Å². The molecule has 0 saturated carbocycles. The second kappa shape index (κ2) is 11.2. The van der Waals surface area contributed by atoms with Crippen LogP contribution in [-0.4, -0.2) is 30.4 Å². The molecule has 0 spiro atoms. The maximum absolute atomic E-state index is 10.6. The second-order valence-electron chi connectivity index (χ2n) is 2.38. The van der Waals surface area contributed by atoms with Crippen molar-refractivity contribution in [3.05, 3.63) is 0 Å². The number of hydrogen-bond donors (Lipinski definition) is 3. The Hall–Kier alpha value is -0.810. The Kier molecular flexibility index (Phi) is 12.7. The van der Waals surface area contributed by atoms with Crippen molar-refractivity contribution >= 4 is 24.5 Å². The number of carbonyl (C=O) groups is 1. The fourth-order valence-corrected chi connectivity index (χ4v) is 0.756. The Labute approximate surface area is 83.8 Å². The van der Waals surface area contributed by atoms with E-state index in [1.54, 1.807) is 0 Å². The first-order valence-electron chi connectivity index (χ1n) is 3.96. The average Bonchev–Trinajstić information content (AvgIpc) is 2.05. The molecule has 0 atom stereocenters. The Bertz CT molecular complexity index is 153. The molecule has 0 aliphatic carbocycles. The van der Waals surface area contributed by atoms with E-state index >= 15 is 0 Å². The molecule has 0 saturated heterocycles. The van der Waals surface area contributed by atoms with Crippen LogP contribution in [0, 0.1) is 0 Å². The third kappa shape index (κ3) is 11.2. The van der Waals surface area contributed by atoms with E-state index in [9.17, 15) is 4.79 Å². The third-order valence-electron chi connectivity index (χ3n) is 1.36. The molecule has 0 bridgehead atoms. The maximum atomic E-state index is 10.6. The molecule has 0 radical (unpaired) electrons. The van der Waals surface area contributed by atoms with Gasteiger partial charge < -0.3 is 16.3 Å². The van der Waals surface area contributed by atoms with Crippen LogP contribution in [0.1, 0.15) is 19.3 Å². The highest BCUT2D eigenvalue weighted by Crippen LogP contribution is 1.90. The topological polar surface area (TPSA) is 87.7 Å². The maximum Gasteiger partial charge on any atom is 0.265 e. The standard InChI is InChI=1S/C7H15N3O2.ClH/c8-4-2-1-3-5-9-7(11)6-10-12;/h6,12H,1-5,8H2,(H,9,11);1H. The Balaban J connectivity index is 0. The second-order valence-corrected chi connectivity index (χ2v) is 2.38. The highest BCUT2D eigenvalue weighted by Gasteiger charge is 1.94. The minimum absolute atomic E-state index is 0. The SMILES string of the molecule is Cl.NCCCCCNC(=O)C=NO. The number of hydrogen-bond acceptors (Lipinski definition) is 4. The number of nitrogens with zero attached hydrogens (tertiary/aromatic N) is 1. The van der Waals surface area contributed by atoms with Crippen molar-refractivity contribution in [1.29, 1.82) is 0 Å². The molecule has 5 nitrogen and oxygen atoms in total. The monoisotopic (exact) mass is 209 g/mol.